The highest BCUT2D eigenvalue weighted by Crippen LogP contribution is 2.27. The van der Waals surface area contributed by atoms with Crippen LogP contribution in [0.25, 0.3) is 0 Å². The van der Waals surface area contributed by atoms with Crippen LogP contribution in [0.3, 0.4) is 0 Å². The number of ether oxygens (including phenoxy) is 1. The maximum absolute atomic E-state index is 5.90. The lowest BCUT2D eigenvalue weighted by Crippen LogP contribution is -2.48. The Morgan fingerprint density at radius 2 is 1.85 bits per heavy atom. The van der Waals surface area contributed by atoms with Crippen molar-refractivity contribution in [2.75, 3.05) is 20.1 Å². The molecule has 1 aliphatic heterocycles. The van der Waals surface area contributed by atoms with E-state index in [9.17, 15) is 0 Å². The van der Waals surface area contributed by atoms with Crippen LogP contribution < -0.4 is 5.32 Å². The highest BCUT2D eigenvalue weighted by molar-refractivity contribution is 14.0. The molecule has 3 aromatic rings. The SMILES string of the molecule is CN=C(NCc1cccc(COCc2ccccc2)c1)N1CCC(C)C(n2ccnc2)C1.I. The average Bonchev–Trinajstić information content (AvgIpc) is 3.36. The fraction of sp³-hybridized carbons (Fsp3) is 0.385. The number of piperidine rings is 1. The summed E-state index contributed by atoms with van der Waals surface area (Å²) in [6.07, 6.45) is 6.98. The number of halogens is 1. The van der Waals surface area contributed by atoms with E-state index < -0.39 is 0 Å². The van der Waals surface area contributed by atoms with Crippen molar-refractivity contribution in [3.05, 3.63) is 90.0 Å². The smallest absolute Gasteiger partial charge is 0.193 e. The Labute approximate surface area is 214 Å². The number of imidazole rings is 1. The number of aromatic nitrogens is 2. The normalized spacial score (nSPS) is 18.6. The van der Waals surface area contributed by atoms with Crippen molar-refractivity contribution in [1.29, 1.82) is 0 Å². The van der Waals surface area contributed by atoms with Gasteiger partial charge >= 0.3 is 0 Å². The number of hydrogen-bond donors (Lipinski definition) is 1. The van der Waals surface area contributed by atoms with Gasteiger partial charge in [-0.05, 0) is 29.0 Å². The molecule has 33 heavy (non-hydrogen) atoms. The molecule has 0 spiro atoms. The van der Waals surface area contributed by atoms with Crippen LogP contribution in [0, 0.1) is 5.92 Å². The van der Waals surface area contributed by atoms with Gasteiger partial charge in [0, 0.05) is 39.1 Å². The second-order valence-corrected chi connectivity index (χ2v) is 8.49. The predicted molar refractivity (Wildman–Crippen MR) is 144 cm³/mol. The Bertz CT molecular complexity index is 993. The third-order valence-corrected chi connectivity index (χ3v) is 6.16. The first-order valence-corrected chi connectivity index (χ1v) is 11.4. The molecule has 1 fully saturated rings. The lowest BCUT2D eigenvalue weighted by Gasteiger charge is -2.39. The minimum atomic E-state index is 0. The van der Waals surface area contributed by atoms with Crippen molar-refractivity contribution in [1.82, 2.24) is 19.8 Å². The molecule has 4 rings (SSSR count). The first-order valence-electron chi connectivity index (χ1n) is 11.4. The van der Waals surface area contributed by atoms with Crippen molar-refractivity contribution in [3.63, 3.8) is 0 Å². The second-order valence-electron chi connectivity index (χ2n) is 8.49. The van der Waals surface area contributed by atoms with E-state index >= 15 is 0 Å². The lowest BCUT2D eigenvalue weighted by atomic mass is 9.93. The minimum absolute atomic E-state index is 0. The van der Waals surface area contributed by atoms with Crippen molar-refractivity contribution < 1.29 is 4.74 Å². The summed E-state index contributed by atoms with van der Waals surface area (Å²) in [5, 5.41) is 3.56. The van der Waals surface area contributed by atoms with Crippen LogP contribution in [0.2, 0.25) is 0 Å². The van der Waals surface area contributed by atoms with Crippen LogP contribution in [0.15, 0.2) is 78.3 Å². The molecule has 2 unspecified atom stereocenters. The highest BCUT2D eigenvalue weighted by Gasteiger charge is 2.28. The van der Waals surface area contributed by atoms with Crippen LogP contribution in [0.1, 0.15) is 36.1 Å². The molecule has 0 bridgehead atoms. The van der Waals surface area contributed by atoms with Gasteiger partial charge < -0.3 is 19.5 Å². The number of aliphatic imine (C=N–C) groups is 1. The van der Waals surface area contributed by atoms with E-state index in [0.717, 1.165) is 32.0 Å². The van der Waals surface area contributed by atoms with Crippen LogP contribution in [0.5, 0.6) is 0 Å². The van der Waals surface area contributed by atoms with Gasteiger partial charge in [-0.3, -0.25) is 4.99 Å². The Morgan fingerprint density at radius 3 is 2.61 bits per heavy atom. The number of hydrogen-bond acceptors (Lipinski definition) is 3. The molecule has 1 N–H and O–H groups in total. The topological polar surface area (TPSA) is 54.7 Å². The summed E-state index contributed by atoms with van der Waals surface area (Å²) >= 11 is 0. The quantitative estimate of drug-likeness (QED) is 0.255. The van der Waals surface area contributed by atoms with Crippen molar-refractivity contribution in [2.45, 2.75) is 39.1 Å². The summed E-state index contributed by atoms with van der Waals surface area (Å²) in [7, 11) is 1.86. The largest absolute Gasteiger partial charge is 0.372 e. The highest BCUT2D eigenvalue weighted by atomic mass is 127. The summed E-state index contributed by atoms with van der Waals surface area (Å²) in [4.78, 5) is 11.1. The molecule has 0 saturated carbocycles. The molecule has 0 radical (unpaired) electrons. The van der Waals surface area contributed by atoms with Crippen LogP contribution >= 0.6 is 24.0 Å². The maximum atomic E-state index is 5.90. The summed E-state index contributed by atoms with van der Waals surface area (Å²) < 4.78 is 8.13. The first-order chi connectivity index (χ1) is 15.7. The van der Waals surface area contributed by atoms with Gasteiger partial charge in [0.1, 0.15) is 0 Å². The molecule has 176 valence electrons. The number of nitrogens with one attached hydrogen (secondary N) is 1. The van der Waals surface area contributed by atoms with Gasteiger partial charge in [0.2, 0.25) is 0 Å². The van der Waals surface area contributed by atoms with Crippen molar-refractivity contribution in [2.24, 2.45) is 10.9 Å². The van der Waals surface area contributed by atoms with Gasteiger partial charge in [0.15, 0.2) is 5.96 Å². The van der Waals surface area contributed by atoms with Crippen molar-refractivity contribution in [3.8, 4) is 0 Å². The van der Waals surface area contributed by atoms with Gasteiger partial charge in [-0.25, -0.2) is 4.98 Å². The zero-order chi connectivity index (χ0) is 22.2. The number of guanidine groups is 1. The molecule has 0 amide bonds. The van der Waals surface area contributed by atoms with Crippen molar-refractivity contribution >= 4 is 29.9 Å². The number of nitrogens with zero attached hydrogens (tertiary/aromatic N) is 4. The van der Waals surface area contributed by atoms with Crippen LogP contribution in [-0.2, 0) is 24.5 Å². The molecule has 1 saturated heterocycles. The van der Waals surface area contributed by atoms with Crippen LogP contribution in [0.4, 0.5) is 0 Å². The summed E-state index contributed by atoms with van der Waals surface area (Å²) in [5.41, 5.74) is 3.60. The Balaban J connectivity index is 0.00000306. The molecule has 2 heterocycles. The van der Waals surface area contributed by atoms with Gasteiger partial charge in [-0.2, -0.15) is 0 Å². The monoisotopic (exact) mass is 559 g/mol. The van der Waals surface area contributed by atoms with E-state index in [0.29, 0.717) is 25.2 Å². The number of likely N-dealkylation sites (tertiary alicyclic amines) is 1. The fourth-order valence-corrected chi connectivity index (χ4v) is 4.30. The number of benzene rings is 2. The van der Waals surface area contributed by atoms with Gasteiger partial charge in [-0.15, -0.1) is 24.0 Å². The Hall–Kier alpha value is -2.39. The molecule has 1 aliphatic rings. The Kier molecular flexibility index (Phi) is 9.75. The number of rotatable bonds is 7. The predicted octanol–water partition coefficient (Wildman–Crippen LogP) is 4.88. The summed E-state index contributed by atoms with van der Waals surface area (Å²) in [6, 6.07) is 19.3. The first kappa shape index (κ1) is 25.2. The van der Waals surface area contributed by atoms with Gasteiger partial charge in [0.05, 0.1) is 25.6 Å². The Morgan fingerprint density at radius 1 is 1.09 bits per heavy atom. The van der Waals surface area contributed by atoms with Crippen LogP contribution in [-0.4, -0.2) is 40.5 Å². The average molecular weight is 559 g/mol. The van der Waals surface area contributed by atoms with E-state index in [4.69, 9.17) is 4.74 Å². The molecule has 7 heteroatoms. The molecule has 1 aromatic heterocycles. The van der Waals surface area contributed by atoms with Gasteiger partial charge in [-0.1, -0.05) is 61.5 Å². The molecule has 2 atom stereocenters. The molecular weight excluding hydrogens is 525 g/mol. The fourth-order valence-electron chi connectivity index (χ4n) is 4.30. The minimum Gasteiger partial charge on any atom is -0.372 e. The maximum Gasteiger partial charge on any atom is 0.193 e. The standard InChI is InChI=1S/C26H33N5O.HI/c1-21-11-13-30(17-25(21)31-14-12-28-20-31)26(27-2)29-16-23-9-6-10-24(15-23)19-32-18-22-7-4-3-5-8-22;/h3-10,12,14-15,20-21,25H,11,13,16-19H2,1-2H3,(H,27,29);1H. The molecule has 2 aromatic carbocycles. The third-order valence-electron chi connectivity index (χ3n) is 6.16. The van der Waals surface area contributed by atoms with E-state index in [1.165, 1.54) is 16.7 Å². The van der Waals surface area contributed by atoms with E-state index in [1.807, 2.05) is 37.8 Å². The second kappa shape index (κ2) is 12.7. The molecule has 0 aliphatic carbocycles. The molecular formula is C26H34IN5O. The van der Waals surface area contributed by atoms with Gasteiger partial charge in [0.25, 0.3) is 0 Å². The van der Waals surface area contributed by atoms with E-state index in [2.05, 4.69) is 74.3 Å². The lowest BCUT2D eigenvalue weighted by molar-refractivity contribution is 0.107. The zero-order valence-corrected chi connectivity index (χ0v) is 21.8. The van der Waals surface area contributed by atoms with E-state index in [1.54, 1.807) is 0 Å². The third kappa shape index (κ3) is 7.04. The zero-order valence-electron chi connectivity index (χ0n) is 19.4. The summed E-state index contributed by atoms with van der Waals surface area (Å²) in [5.74, 6) is 1.57. The van der Waals surface area contributed by atoms with E-state index in [-0.39, 0.29) is 24.0 Å². The molecule has 6 nitrogen and oxygen atoms in total. The summed E-state index contributed by atoms with van der Waals surface area (Å²) in [6.45, 7) is 6.24.